The van der Waals surface area contributed by atoms with E-state index >= 15 is 0 Å². The number of fused-ring (bicyclic) bond motifs is 1. The third-order valence-corrected chi connectivity index (χ3v) is 8.36. The maximum atomic E-state index is 10.5. The molecule has 0 radical (unpaired) electrons. The van der Waals surface area contributed by atoms with Gasteiger partial charge in [-0.05, 0) is 11.5 Å². The van der Waals surface area contributed by atoms with Crippen molar-refractivity contribution in [3.05, 3.63) is 47.7 Å². The van der Waals surface area contributed by atoms with E-state index in [0.717, 1.165) is 22.8 Å². The van der Waals surface area contributed by atoms with Gasteiger partial charge in [0.05, 0.1) is 12.1 Å². The van der Waals surface area contributed by atoms with Crippen molar-refractivity contribution in [2.75, 3.05) is 11.5 Å². The minimum absolute atomic E-state index is 0.294. The lowest BCUT2D eigenvalue weighted by molar-refractivity contribution is -0.667. The molecule has 140 valence electrons. The summed E-state index contributed by atoms with van der Waals surface area (Å²) in [6.45, 7) is 6.14. The summed E-state index contributed by atoms with van der Waals surface area (Å²) in [6, 6.07) is 14.7. The van der Waals surface area contributed by atoms with Gasteiger partial charge in [-0.15, -0.1) is 0 Å². The molecule has 2 aliphatic rings. The number of nitrogens with two attached hydrogens (primary N) is 2. The molecule has 0 aromatic heterocycles. The van der Waals surface area contributed by atoms with Crippen molar-refractivity contribution in [3.8, 4) is 12.1 Å². The molecular weight excluding hydrogens is 374 g/mol. The van der Waals surface area contributed by atoms with Crippen LogP contribution in [0.4, 0.5) is 0 Å². The summed E-state index contributed by atoms with van der Waals surface area (Å²) in [5.41, 5.74) is 6.30. The molecule has 3 rings (SSSR count). The van der Waals surface area contributed by atoms with Crippen molar-refractivity contribution < 1.29 is 10.3 Å². The van der Waals surface area contributed by atoms with Gasteiger partial charge in [-0.1, -0.05) is 67.7 Å². The fraction of sp³-hybridized carbons (Fsp3) is 0.450. The smallest absolute Gasteiger partial charge is 0.272 e. The molecule has 5 nitrogen and oxygen atoms in total. The number of nitriles is 2. The summed E-state index contributed by atoms with van der Waals surface area (Å²) in [6.07, 6.45) is 1.97. The second-order valence-corrected chi connectivity index (χ2v) is 10.0. The first kappa shape index (κ1) is 19.8. The van der Waals surface area contributed by atoms with E-state index in [-0.39, 0.29) is 6.04 Å². The summed E-state index contributed by atoms with van der Waals surface area (Å²) < 4.78 is -0.701. The van der Waals surface area contributed by atoms with Gasteiger partial charge in [0.15, 0.2) is 5.41 Å². The molecule has 7 heteroatoms. The first-order valence-corrected chi connectivity index (χ1v) is 11.0. The van der Waals surface area contributed by atoms with Gasteiger partial charge in [0.25, 0.3) is 5.84 Å². The molecule has 1 aromatic carbocycles. The van der Waals surface area contributed by atoms with Gasteiger partial charge in [-0.25, -0.2) is 0 Å². The molecule has 0 unspecified atom stereocenters. The minimum atomic E-state index is -1.17. The van der Waals surface area contributed by atoms with E-state index in [0.29, 0.717) is 5.84 Å². The molecule has 0 saturated heterocycles. The topological polar surface area (TPSA) is 104 Å². The van der Waals surface area contributed by atoms with E-state index in [1.54, 1.807) is 23.5 Å². The van der Waals surface area contributed by atoms with E-state index in [9.17, 15) is 10.5 Å². The molecule has 0 bridgehead atoms. The van der Waals surface area contributed by atoms with Gasteiger partial charge in [0.1, 0.15) is 11.7 Å². The summed E-state index contributed by atoms with van der Waals surface area (Å²) >= 11 is 3.31. The van der Waals surface area contributed by atoms with Gasteiger partial charge in [-0.2, -0.15) is 10.5 Å². The summed E-state index contributed by atoms with van der Waals surface area (Å²) in [4.78, 5) is 3.43. The van der Waals surface area contributed by atoms with Crippen LogP contribution in [0.5, 0.6) is 0 Å². The number of nitrogens with zero attached hydrogens (tertiary/aromatic N) is 2. The van der Waals surface area contributed by atoms with Crippen molar-refractivity contribution in [2.45, 2.75) is 31.0 Å². The van der Waals surface area contributed by atoms with E-state index in [4.69, 9.17) is 5.73 Å². The molecule has 0 amide bonds. The van der Waals surface area contributed by atoms with Crippen molar-refractivity contribution in [3.63, 3.8) is 0 Å². The van der Waals surface area contributed by atoms with Crippen LogP contribution in [0.1, 0.15) is 32.4 Å². The van der Waals surface area contributed by atoms with Gasteiger partial charge in [-0.3, -0.25) is 10.7 Å². The van der Waals surface area contributed by atoms with Crippen LogP contribution >= 0.6 is 23.5 Å². The van der Waals surface area contributed by atoms with Crippen LogP contribution in [-0.4, -0.2) is 21.5 Å². The Morgan fingerprint density at radius 1 is 1.15 bits per heavy atom. The first-order valence-electron chi connectivity index (χ1n) is 9.07. The molecule has 3 atom stereocenters. The standard InChI is InChI=1S/C20H23N5S2/c1-4-26-20(27-5-2)18(12-21)11-14(3)24-16(15-9-7-6-8-10-15)19(18,13-22)17(23)25-20/h6-11,16,24H,4-5H2,1-3H3,(H2,23,25)/p+2/t16-,18-,19-/m1/s1. The highest BCUT2D eigenvalue weighted by molar-refractivity contribution is 8.17. The van der Waals surface area contributed by atoms with Crippen LogP contribution in [-0.2, 0) is 0 Å². The Hall–Kier alpha value is -1.93. The molecule has 2 aliphatic heterocycles. The second-order valence-electron chi connectivity index (χ2n) is 6.80. The highest BCUT2D eigenvalue weighted by Crippen LogP contribution is 2.62. The molecule has 1 aromatic rings. The molecule has 0 aliphatic carbocycles. The predicted octanol–water partition coefficient (Wildman–Crippen LogP) is 0.840. The Kier molecular flexibility index (Phi) is 5.31. The number of thioether (sulfide) groups is 2. The SMILES string of the molecule is CCSC1(SCC)[NH+]=C(N)[C@@]2(C#N)[C@@H](c3ccccc3)[NH2+]C(C)=C[C@]12C#N. The molecule has 2 heterocycles. The fourth-order valence-electron chi connectivity index (χ4n) is 4.41. The first-order chi connectivity index (χ1) is 13.0. The van der Waals surface area contributed by atoms with Gasteiger partial charge in [0, 0.05) is 18.6 Å². The Bertz CT molecular complexity index is 861. The zero-order valence-corrected chi connectivity index (χ0v) is 17.5. The zero-order valence-electron chi connectivity index (χ0n) is 15.8. The van der Waals surface area contributed by atoms with Crippen molar-refractivity contribution in [2.24, 2.45) is 16.6 Å². The molecule has 0 saturated carbocycles. The Morgan fingerprint density at radius 3 is 2.30 bits per heavy atom. The van der Waals surface area contributed by atoms with E-state index in [1.807, 2.05) is 43.3 Å². The average Bonchev–Trinajstić information content (AvgIpc) is 2.88. The Labute approximate surface area is 169 Å². The summed E-state index contributed by atoms with van der Waals surface area (Å²) in [5.74, 6) is 2.01. The summed E-state index contributed by atoms with van der Waals surface area (Å²) in [7, 11) is 0. The lowest BCUT2D eigenvalue weighted by Gasteiger charge is -2.44. The van der Waals surface area contributed by atoms with E-state index in [1.165, 1.54) is 0 Å². The number of nitrogens with one attached hydrogen (secondary N) is 1. The maximum Gasteiger partial charge on any atom is 0.272 e. The molecule has 0 spiro atoms. The number of quaternary nitrogens is 1. The molecule has 27 heavy (non-hydrogen) atoms. The fourth-order valence-corrected chi connectivity index (χ4v) is 7.62. The van der Waals surface area contributed by atoms with Crippen LogP contribution in [0.3, 0.4) is 0 Å². The van der Waals surface area contributed by atoms with Crippen molar-refractivity contribution in [1.29, 1.82) is 10.5 Å². The van der Waals surface area contributed by atoms with E-state index < -0.39 is 15.0 Å². The lowest BCUT2D eigenvalue weighted by atomic mass is 9.58. The van der Waals surface area contributed by atoms with Crippen molar-refractivity contribution >= 4 is 29.4 Å². The third kappa shape index (κ3) is 2.53. The second kappa shape index (κ2) is 7.24. The van der Waals surface area contributed by atoms with E-state index in [2.05, 4.69) is 36.3 Å². The minimum Gasteiger partial charge on any atom is -0.310 e. The number of benzene rings is 1. The highest BCUT2D eigenvalue weighted by Gasteiger charge is 2.80. The Balaban J connectivity index is 2.35. The van der Waals surface area contributed by atoms with Gasteiger partial charge < -0.3 is 5.32 Å². The van der Waals surface area contributed by atoms with Crippen LogP contribution < -0.4 is 16.0 Å². The predicted molar refractivity (Wildman–Crippen MR) is 110 cm³/mol. The van der Waals surface area contributed by atoms with Crippen molar-refractivity contribution in [1.82, 2.24) is 0 Å². The third-order valence-electron chi connectivity index (χ3n) is 5.41. The monoisotopic (exact) mass is 399 g/mol. The van der Waals surface area contributed by atoms with Gasteiger partial charge >= 0.3 is 0 Å². The van der Waals surface area contributed by atoms with Crippen LogP contribution in [0, 0.1) is 33.5 Å². The number of allylic oxidation sites excluding steroid dienone is 1. The Morgan fingerprint density at radius 2 is 1.78 bits per heavy atom. The van der Waals surface area contributed by atoms with Crippen LogP contribution in [0.2, 0.25) is 0 Å². The number of hydrogen-bond donors (Lipinski definition) is 3. The molecule has 0 fully saturated rings. The molecule has 5 N–H and O–H groups in total. The summed E-state index contributed by atoms with van der Waals surface area (Å²) in [5, 5.41) is 23.1. The number of rotatable bonds is 5. The van der Waals surface area contributed by atoms with Crippen LogP contribution in [0.15, 0.2) is 42.1 Å². The van der Waals surface area contributed by atoms with Gasteiger partial charge in [0.2, 0.25) is 9.62 Å². The lowest BCUT2D eigenvalue weighted by Crippen LogP contribution is -2.90. The quantitative estimate of drug-likeness (QED) is 0.637. The normalized spacial score (nSPS) is 31.2. The molecular formula is C20H25N5S2+2. The highest BCUT2D eigenvalue weighted by atomic mass is 32.2. The largest absolute Gasteiger partial charge is 0.310 e. The number of amidine groups is 1. The maximum absolute atomic E-state index is 10.5. The average molecular weight is 400 g/mol. The zero-order chi connectivity index (χ0) is 19.7. The van der Waals surface area contributed by atoms with Crippen LogP contribution in [0.25, 0.3) is 0 Å². The number of hydrogen-bond acceptors (Lipinski definition) is 5.